The lowest BCUT2D eigenvalue weighted by molar-refractivity contribution is 0.587. The molecule has 3 rings (SSSR count). The molecule has 0 aliphatic heterocycles. The number of nitriles is 1. The van der Waals surface area contributed by atoms with E-state index in [0.29, 0.717) is 16.5 Å². The third kappa shape index (κ3) is 3.02. The molecule has 1 N–H and O–H groups in total. The van der Waals surface area contributed by atoms with Gasteiger partial charge in [0.15, 0.2) is 0 Å². The lowest BCUT2D eigenvalue weighted by atomic mass is 10.2. The topological polar surface area (TPSA) is 74.7 Å². The second-order valence-corrected chi connectivity index (χ2v) is 4.67. The Morgan fingerprint density at radius 2 is 1.71 bits per heavy atom. The van der Waals surface area contributed by atoms with Crippen molar-refractivity contribution in [3.05, 3.63) is 59.1 Å². The normalized spacial score (nSPS) is 10.1. The first-order valence-electron chi connectivity index (χ1n) is 6.11. The van der Waals surface area contributed by atoms with Gasteiger partial charge in [0.2, 0.25) is 5.89 Å². The fourth-order valence-electron chi connectivity index (χ4n) is 1.73. The second-order valence-electron chi connectivity index (χ2n) is 4.23. The van der Waals surface area contributed by atoms with Gasteiger partial charge >= 0.3 is 6.01 Å². The Kier molecular flexibility index (Phi) is 3.54. The number of halogens is 1. The summed E-state index contributed by atoms with van der Waals surface area (Å²) in [5.74, 6) is 0.405. The van der Waals surface area contributed by atoms with Crippen LogP contribution in [0, 0.1) is 11.3 Å². The zero-order valence-corrected chi connectivity index (χ0v) is 11.5. The summed E-state index contributed by atoms with van der Waals surface area (Å²) in [5, 5.41) is 20.3. The summed E-state index contributed by atoms with van der Waals surface area (Å²) in [6, 6.07) is 16.4. The third-order valence-electron chi connectivity index (χ3n) is 2.78. The highest BCUT2D eigenvalue weighted by molar-refractivity contribution is 6.30. The van der Waals surface area contributed by atoms with Crippen molar-refractivity contribution in [1.29, 1.82) is 5.26 Å². The summed E-state index contributed by atoms with van der Waals surface area (Å²) in [6.45, 7) is 0. The molecule has 0 amide bonds. The van der Waals surface area contributed by atoms with Crippen LogP contribution in [0.2, 0.25) is 5.02 Å². The number of benzene rings is 2. The SMILES string of the molecule is N#Cc1ccc(Nc2nnc(-c3ccc(Cl)cc3)o2)cc1. The molecule has 0 atom stereocenters. The third-order valence-corrected chi connectivity index (χ3v) is 3.03. The molecule has 1 heterocycles. The predicted octanol–water partition coefficient (Wildman–Crippen LogP) is 4.01. The van der Waals surface area contributed by atoms with Gasteiger partial charge in [-0.2, -0.15) is 5.26 Å². The molecule has 0 aliphatic rings. The van der Waals surface area contributed by atoms with Crippen LogP contribution in [0.4, 0.5) is 11.7 Å². The van der Waals surface area contributed by atoms with E-state index in [2.05, 4.69) is 21.6 Å². The molecule has 0 radical (unpaired) electrons. The first-order valence-corrected chi connectivity index (χ1v) is 6.49. The first-order chi connectivity index (χ1) is 10.2. The van der Waals surface area contributed by atoms with Crippen LogP contribution in [-0.4, -0.2) is 10.2 Å². The molecular weight excluding hydrogens is 288 g/mol. The smallest absolute Gasteiger partial charge is 0.320 e. The van der Waals surface area contributed by atoms with Crippen LogP contribution < -0.4 is 5.32 Å². The van der Waals surface area contributed by atoms with Gasteiger partial charge < -0.3 is 9.73 Å². The number of hydrogen-bond donors (Lipinski definition) is 1. The van der Waals surface area contributed by atoms with E-state index in [1.165, 1.54) is 0 Å². The summed E-state index contributed by atoms with van der Waals surface area (Å²) >= 11 is 5.83. The van der Waals surface area contributed by atoms with E-state index in [1.54, 1.807) is 48.5 Å². The van der Waals surface area contributed by atoms with Crippen LogP contribution in [0.1, 0.15) is 5.56 Å². The van der Waals surface area contributed by atoms with Crippen LogP contribution in [0.3, 0.4) is 0 Å². The molecule has 1 aromatic heterocycles. The van der Waals surface area contributed by atoms with Crippen LogP contribution >= 0.6 is 11.6 Å². The van der Waals surface area contributed by atoms with Crippen molar-refractivity contribution in [3.8, 4) is 17.5 Å². The minimum atomic E-state index is 0.282. The van der Waals surface area contributed by atoms with E-state index in [4.69, 9.17) is 21.3 Å². The van der Waals surface area contributed by atoms with Crippen LogP contribution in [0.25, 0.3) is 11.5 Å². The minimum absolute atomic E-state index is 0.282. The average molecular weight is 297 g/mol. The van der Waals surface area contributed by atoms with Crippen molar-refractivity contribution in [2.75, 3.05) is 5.32 Å². The maximum Gasteiger partial charge on any atom is 0.320 e. The monoisotopic (exact) mass is 296 g/mol. The summed E-state index contributed by atoms with van der Waals surface area (Å²) in [6.07, 6.45) is 0. The number of rotatable bonds is 3. The molecule has 0 spiro atoms. The Morgan fingerprint density at radius 3 is 2.38 bits per heavy atom. The highest BCUT2D eigenvalue weighted by atomic mass is 35.5. The Hall–Kier alpha value is -2.84. The van der Waals surface area contributed by atoms with Gasteiger partial charge in [-0.25, -0.2) is 0 Å². The van der Waals surface area contributed by atoms with Gasteiger partial charge in [-0.15, -0.1) is 5.10 Å². The van der Waals surface area contributed by atoms with Gasteiger partial charge in [0.05, 0.1) is 11.6 Å². The largest absolute Gasteiger partial charge is 0.403 e. The molecule has 21 heavy (non-hydrogen) atoms. The molecule has 6 heteroatoms. The predicted molar refractivity (Wildman–Crippen MR) is 79.2 cm³/mol. The van der Waals surface area contributed by atoms with Crippen LogP contribution in [-0.2, 0) is 0 Å². The van der Waals surface area contributed by atoms with E-state index < -0.39 is 0 Å². The molecule has 0 bridgehead atoms. The Balaban J connectivity index is 1.78. The molecule has 3 aromatic rings. The molecule has 0 aliphatic carbocycles. The summed E-state index contributed by atoms with van der Waals surface area (Å²) in [4.78, 5) is 0. The second kappa shape index (κ2) is 5.65. The molecule has 5 nitrogen and oxygen atoms in total. The van der Waals surface area contributed by atoms with Gasteiger partial charge in [-0.05, 0) is 48.5 Å². The van der Waals surface area contributed by atoms with Crippen molar-refractivity contribution in [1.82, 2.24) is 10.2 Å². The maximum absolute atomic E-state index is 8.75. The van der Waals surface area contributed by atoms with Gasteiger partial charge in [-0.1, -0.05) is 16.7 Å². The molecule has 0 saturated heterocycles. The molecule has 0 fully saturated rings. The van der Waals surface area contributed by atoms with Crippen molar-refractivity contribution >= 4 is 23.3 Å². The highest BCUT2D eigenvalue weighted by Gasteiger charge is 2.08. The highest BCUT2D eigenvalue weighted by Crippen LogP contribution is 2.23. The standard InChI is InChI=1S/C15H9ClN4O/c16-12-5-3-11(4-6-12)14-19-20-15(21-14)18-13-7-1-10(9-17)2-8-13/h1-8H,(H,18,20). The van der Waals surface area contributed by atoms with Crippen molar-refractivity contribution in [2.45, 2.75) is 0 Å². The molecule has 0 unspecified atom stereocenters. The molecular formula is C15H9ClN4O. The summed E-state index contributed by atoms with van der Waals surface area (Å²) in [7, 11) is 0. The van der Waals surface area contributed by atoms with E-state index in [0.717, 1.165) is 11.3 Å². The van der Waals surface area contributed by atoms with E-state index in [1.807, 2.05) is 0 Å². The lowest BCUT2D eigenvalue weighted by Gasteiger charge is -2.00. The number of anilines is 2. The minimum Gasteiger partial charge on any atom is -0.403 e. The number of aromatic nitrogens is 2. The quantitative estimate of drug-likeness (QED) is 0.790. The maximum atomic E-state index is 8.75. The Bertz CT molecular complexity index is 788. The zero-order chi connectivity index (χ0) is 14.7. The summed E-state index contributed by atoms with van der Waals surface area (Å²) in [5.41, 5.74) is 2.15. The van der Waals surface area contributed by atoms with Gasteiger partial charge in [0.1, 0.15) is 0 Å². The number of nitrogens with one attached hydrogen (secondary N) is 1. The summed E-state index contributed by atoms with van der Waals surface area (Å²) < 4.78 is 5.53. The fraction of sp³-hybridized carbons (Fsp3) is 0. The van der Waals surface area contributed by atoms with Crippen LogP contribution in [0.15, 0.2) is 52.9 Å². The van der Waals surface area contributed by atoms with Crippen LogP contribution in [0.5, 0.6) is 0 Å². The Labute approximate surface area is 125 Å². The van der Waals surface area contributed by atoms with Crippen molar-refractivity contribution in [3.63, 3.8) is 0 Å². The van der Waals surface area contributed by atoms with E-state index in [9.17, 15) is 0 Å². The van der Waals surface area contributed by atoms with Gasteiger partial charge in [-0.3, -0.25) is 0 Å². The number of hydrogen-bond acceptors (Lipinski definition) is 5. The first kappa shape index (κ1) is 13.2. The Morgan fingerprint density at radius 1 is 1.00 bits per heavy atom. The zero-order valence-electron chi connectivity index (χ0n) is 10.7. The molecule has 102 valence electrons. The van der Waals surface area contributed by atoms with E-state index >= 15 is 0 Å². The molecule has 2 aromatic carbocycles. The van der Waals surface area contributed by atoms with E-state index in [-0.39, 0.29) is 6.01 Å². The van der Waals surface area contributed by atoms with Crippen molar-refractivity contribution < 1.29 is 4.42 Å². The van der Waals surface area contributed by atoms with Gasteiger partial charge in [0, 0.05) is 16.3 Å². The van der Waals surface area contributed by atoms with Crippen molar-refractivity contribution in [2.24, 2.45) is 0 Å². The lowest BCUT2D eigenvalue weighted by Crippen LogP contribution is -1.90. The van der Waals surface area contributed by atoms with Gasteiger partial charge in [0.25, 0.3) is 0 Å². The average Bonchev–Trinajstić information content (AvgIpc) is 2.97. The number of nitrogens with zero attached hydrogens (tertiary/aromatic N) is 3. The molecule has 0 saturated carbocycles. The fourth-order valence-corrected chi connectivity index (χ4v) is 1.86.